The van der Waals surface area contributed by atoms with Crippen LogP contribution in [0.1, 0.15) is 32.9 Å². The first-order valence-corrected chi connectivity index (χ1v) is 11.9. The van der Waals surface area contributed by atoms with Crippen LogP contribution >= 0.6 is 11.8 Å². The van der Waals surface area contributed by atoms with E-state index in [1.165, 1.54) is 11.8 Å². The molecule has 0 unspecified atom stereocenters. The predicted octanol–water partition coefficient (Wildman–Crippen LogP) is 5.76. The van der Waals surface area contributed by atoms with Gasteiger partial charge in [-0.1, -0.05) is 47.7 Å². The SMILES string of the molecule is COc1ccc(C(=O)CSc2nnc(COc3c(C)cccc3C)n2-c2ccc(C)cc2)cc1. The fourth-order valence-corrected chi connectivity index (χ4v) is 4.46. The highest BCUT2D eigenvalue weighted by Gasteiger charge is 2.18. The number of carbonyl (C=O) groups is 1. The van der Waals surface area contributed by atoms with Crippen LogP contribution in [0.2, 0.25) is 0 Å². The number of para-hydroxylation sites is 1. The molecule has 174 valence electrons. The maximum Gasteiger partial charge on any atom is 0.196 e. The van der Waals surface area contributed by atoms with Crippen LogP contribution in [-0.2, 0) is 6.61 Å². The Hall–Kier alpha value is -3.58. The highest BCUT2D eigenvalue weighted by Crippen LogP contribution is 2.27. The summed E-state index contributed by atoms with van der Waals surface area (Å²) in [6.07, 6.45) is 0. The lowest BCUT2D eigenvalue weighted by Gasteiger charge is -2.14. The number of carbonyl (C=O) groups excluding carboxylic acids is 1. The Morgan fingerprint density at radius 3 is 2.24 bits per heavy atom. The zero-order valence-electron chi connectivity index (χ0n) is 19.7. The van der Waals surface area contributed by atoms with Gasteiger partial charge >= 0.3 is 0 Å². The third-order valence-electron chi connectivity index (χ3n) is 5.49. The summed E-state index contributed by atoms with van der Waals surface area (Å²) in [5.41, 5.74) is 4.86. The molecule has 3 aromatic carbocycles. The van der Waals surface area contributed by atoms with E-state index in [4.69, 9.17) is 9.47 Å². The first-order chi connectivity index (χ1) is 16.5. The molecule has 0 atom stereocenters. The molecule has 0 radical (unpaired) electrons. The molecule has 0 amide bonds. The summed E-state index contributed by atoms with van der Waals surface area (Å²) >= 11 is 1.36. The van der Waals surface area contributed by atoms with Gasteiger partial charge in [0.05, 0.1) is 12.9 Å². The smallest absolute Gasteiger partial charge is 0.196 e. The maximum absolute atomic E-state index is 12.8. The second-order valence-electron chi connectivity index (χ2n) is 8.02. The van der Waals surface area contributed by atoms with E-state index in [0.717, 1.165) is 33.9 Å². The largest absolute Gasteiger partial charge is 0.497 e. The highest BCUT2D eigenvalue weighted by molar-refractivity contribution is 7.99. The molecule has 0 aliphatic heterocycles. The molecule has 4 aromatic rings. The van der Waals surface area contributed by atoms with Crippen LogP contribution in [0, 0.1) is 20.8 Å². The summed E-state index contributed by atoms with van der Waals surface area (Å²) in [7, 11) is 1.60. The summed E-state index contributed by atoms with van der Waals surface area (Å²) in [4.78, 5) is 12.8. The number of nitrogens with zero attached hydrogens (tertiary/aromatic N) is 3. The lowest BCUT2D eigenvalue weighted by Crippen LogP contribution is -2.09. The van der Waals surface area contributed by atoms with Crippen LogP contribution in [0.25, 0.3) is 5.69 Å². The number of rotatable bonds is 9. The molecule has 0 saturated carbocycles. The van der Waals surface area contributed by atoms with Crippen molar-refractivity contribution in [2.75, 3.05) is 12.9 Å². The standard InChI is InChI=1S/C27H27N3O3S/c1-18-8-12-22(13-9-18)30-25(16-33-26-19(2)6-5-7-20(26)3)28-29-27(30)34-17-24(31)21-10-14-23(32-4)15-11-21/h5-15H,16-17H2,1-4H3. The van der Waals surface area contributed by atoms with Gasteiger partial charge in [0, 0.05) is 11.3 Å². The molecule has 1 heterocycles. The highest BCUT2D eigenvalue weighted by atomic mass is 32.2. The number of methoxy groups -OCH3 is 1. The van der Waals surface area contributed by atoms with Crippen LogP contribution in [0.3, 0.4) is 0 Å². The van der Waals surface area contributed by atoms with E-state index in [0.29, 0.717) is 16.5 Å². The number of ketones is 1. The zero-order valence-corrected chi connectivity index (χ0v) is 20.6. The third kappa shape index (κ3) is 5.31. The molecule has 0 spiro atoms. The van der Waals surface area contributed by atoms with E-state index in [1.807, 2.05) is 67.8 Å². The number of thioether (sulfide) groups is 1. The van der Waals surface area contributed by atoms with Gasteiger partial charge in [-0.05, 0) is 68.3 Å². The number of ether oxygens (including phenoxy) is 2. The lowest BCUT2D eigenvalue weighted by atomic mass is 10.1. The lowest BCUT2D eigenvalue weighted by molar-refractivity contribution is 0.102. The molecule has 4 rings (SSSR count). The van der Waals surface area contributed by atoms with E-state index in [9.17, 15) is 4.79 Å². The van der Waals surface area contributed by atoms with Gasteiger partial charge < -0.3 is 9.47 Å². The first-order valence-electron chi connectivity index (χ1n) is 11.0. The molecular formula is C27H27N3O3S. The number of hydrogen-bond donors (Lipinski definition) is 0. The Balaban J connectivity index is 1.57. The zero-order chi connectivity index (χ0) is 24.1. The van der Waals surface area contributed by atoms with Crippen molar-refractivity contribution in [3.8, 4) is 17.2 Å². The topological polar surface area (TPSA) is 66.2 Å². The molecule has 0 aliphatic rings. The molecule has 7 heteroatoms. The molecule has 0 bridgehead atoms. The summed E-state index contributed by atoms with van der Waals surface area (Å²) in [5.74, 6) is 2.50. The van der Waals surface area contributed by atoms with Gasteiger partial charge in [0.15, 0.2) is 16.8 Å². The fourth-order valence-electron chi connectivity index (χ4n) is 3.59. The van der Waals surface area contributed by atoms with Gasteiger partial charge in [0.2, 0.25) is 0 Å². The maximum atomic E-state index is 12.8. The monoisotopic (exact) mass is 473 g/mol. The quantitative estimate of drug-likeness (QED) is 0.228. The average molecular weight is 474 g/mol. The van der Waals surface area contributed by atoms with Gasteiger partial charge in [0.25, 0.3) is 0 Å². The van der Waals surface area contributed by atoms with Crippen LogP contribution in [0.5, 0.6) is 11.5 Å². The van der Waals surface area contributed by atoms with Gasteiger partial charge in [-0.2, -0.15) is 0 Å². The van der Waals surface area contributed by atoms with Gasteiger partial charge in [-0.3, -0.25) is 9.36 Å². The van der Waals surface area contributed by atoms with Crippen molar-refractivity contribution in [3.63, 3.8) is 0 Å². The second-order valence-corrected chi connectivity index (χ2v) is 8.96. The van der Waals surface area contributed by atoms with Crippen LogP contribution in [0.15, 0.2) is 71.9 Å². The fraction of sp³-hybridized carbons (Fsp3) is 0.222. The molecule has 0 aliphatic carbocycles. The molecular weight excluding hydrogens is 446 g/mol. The summed E-state index contributed by atoms with van der Waals surface area (Å²) in [5, 5.41) is 9.44. The number of aryl methyl sites for hydroxylation is 3. The molecule has 6 nitrogen and oxygen atoms in total. The van der Waals surface area contributed by atoms with Crippen molar-refractivity contribution < 1.29 is 14.3 Å². The van der Waals surface area contributed by atoms with Gasteiger partial charge in [0.1, 0.15) is 18.1 Å². The summed E-state index contributed by atoms with van der Waals surface area (Å²) in [6.45, 7) is 6.36. The number of benzene rings is 3. The molecule has 1 aromatic heterocycles. The number of hydrogen-bond acceptors (Lipinski definition) is 6. The van der Waals surface area contributed by atoms with Crippen LogP contribution in [-0.4, -0.2) is 33.4 Å². The molecule has 34 heavy (non-hydrogen) atoms. The van der Waals surface area contributed by atoms with Crippen LogP contribution < -0.4 is 9.47 Å². The minimum Gasteiger partial charge on any atom is -0.497 e. The summed E-state index contributed by atoms with van der Waals surface area (Å²) in [6, 6.07) is 21.3. The van der Waals surface area contributed by atoms with Gasteiger partial charge in [-0.25, -0.2) is 0 Å². The second kappa shape index (κ2) is 10.6. The Morgan fingerprint density at radius 1 is 0.912 bits per heavy atom. The van der Waals surface area contributed by atoms with E-state index >= 15 is 0 Å². The van der Waals surface area contributed by atoms with E-state index in [-0.39, 0.29) is 18.1 Å². The number of Topliss-reactive ketones (excluding diaryl/α,β-unsaturated/α-hetero) is 1. The third-order valence-corrected chi connectivity index (χ3v) is 6.42. The van der Waals surface area contributed by atoms with Crippen molar-refractivity contribution in [2.24, 2.45) is 0 Å². The van der Waals surface area contributed by atoms with Crippen molar-refractivity contribution in [1.82, 2.24) is 14.8 Å². The Morgan fingerprint density at radius 2 is 1.59 bits per heavy atom. The van der Waals surface area contributed by atoms with E-state index in [2.05, 4.69) is 10.2 Å². The normalized spacial score (nSPS) is 10.8. The van der Waals surface area contributed by atoms with E-state index in [1.54, 1.807) is 31.4 Å². The van der Waals surface area contributed by atoms with Crippen molar-refractivity contribution in [3.05, 3.63) is 94.8 Å². The van der Waals surface area contributed by atoms with Crippen molar-refractivity contribution >= 4 is 17.5 Å². The van der Waals surface area contributed by atoms with Crippen molar-refractivity contribution in [1.29, 1.82) is 0 Å². The minimum atomic E-state index is 0.0134. The Bertz CT molecular complexity index is 1260. The molecule has 0 saturated heterocycles. The van der Waals surface area contributed by atoms with Crippen molar-refractivity contribution in [2.45, 2.75) is 32.5 Å². The Labute approximate surface area is 203 Å². The molecule has 0 N–H and O–H groups in total. The van der Waals surface area contributed by atoms with Gasteiger partial charge in [-0.15, -0.1) is 10.2 Å². The number of aromatic nitrogens is 3. The average Bonchev–Trinajstić information content (AvgIpc) is 3.25. The van der Waals surface area contributed by atoms with E-state index < -0.39 is 0 Å². The molecule has 0 fully saturated rings. The van der Waals surface area contributed by atoms with Crippen LogP contribution in [0.4, 0.5) is 0 Å². The first kappa shape index (κ1) is 23.6. The minimum absolute atomic E-state index is 0.0134. The summed E-state index contributed by atoms with van der Waals surface area (Å²) < 4.78 is 13.3. The predicted molar refractivity (Wildman–Crippen MR) is 134 cm³/mol. The Kier molecular flexibility index (Phi) is 7.33.